The van der Waals surface area contributed by atoms with Gasteiger partial charge in [-0.15, -0.1) is 0 Å². The molecule has 0 fully saturated rings. The van der Waals surface area contributed by atoms with E-state index in [9.17, 15) is 0 Å². The Morgan fingerprint density at radius 2 is 1.55 bits per heavy atom. The average Bonchev–Trinajstić information content (AvgIpc) is 2.92. The van der Waals surface area contributed by atoms with E-state index in [1.807, 2.05) is 36.4 Å². The summed E-state index contributed by atoms with van der Waals surface area (Å²) in [7, 11) is 0. The van der Waals surface area contributed by atoms with Crippen LogP contribution in [0, 0.1) is 13.8 Å². The number of nitrogens with one attached hydrogen (secondary N) is 1. The molecule has 4 aromatic rings. The zero-order valence-electron chi connectivity index (χ0n) is 12.7. The largest absolute Gasteiger partial charge is 0.457 e. The van der Waals surface area contributed by atoms with Gasteiger partial charge in [0.25, 0.3) is 0 Å². The summed E-state index contributed by atoms with van der Waals surface area (Å²) >= 11 is 0. The van der Waals surface area contributed by atoms with Gasteiger partial charge in [0.1, 0.15) is 11.5 Å². The monoisotopic (exact) mass is 287 g/mol. The molecule has 0 aliphatic carbocycles. The molecular formula is C20H17NO. The molecule has 0 bridgehead atoms. The molecule has 1 N–H and O–H groups in total. The van der Waals surface area contributed by atoms with Crippen molar-refractivity contribution in [2.24, 2.45) is 0 Å². The predicted octanol–water partition coefficient (Wildman–Crippen LogP) is 5.73. The van der Waals surface area contributed by atoms with Gasteiger partial charge < -0.3 is 9.72 Å². The lowest BCUT2D eigenvalue weighted by atomic mass is 10.0. The van der Waals surface area contributed by atoms with Crippen LogP contribution in [0.5, 0.6) is 11.5 Å². The SMILES string of the molecule is Cc1ccc(C)c2c1[nH]c1ccc(Oc3ccccc3)cc12. The van der Waals surface area contributed by atoms with Crippen molar-refractivity contribution in [1.82, 2.24) is 4.98 Å². The van der Waals surface area contributed by atoms with Crippen LogP contribution in [0.2, 0.25) is 0 Å². The van der Waals surface area contributed by atoms with Gasteiger partial charge >= 0.3 is 0 Å². The van der Waals surface area contributed by atoms with E-state index in [0.29, 0.717) is 0 Å². The summed E-state index contributed by atoms with van der Waals surface area (Å²) in [5, 5.41) is 2.50. The number of rotatable bonds is 2. The average molecular weight is 287 g/mol. The normalized spacial score (nSPS) is 11.2. The van der Waals surface area contributed by atoms with E-state index >= 15 is 0 Å². The number of fused-ring (bicyclic) bond motifs is 3. The minimum absolute atomic E-state index is 0.856. The summed E-state index contributed by atoms with van der Waals surface area (Å²) < 4.78 is 5.96. The van der Waals surface area contributed by atoms with Crippen LogP contribution < -0.4 is 4.74 Å². The highest BCUT2D eigenvalue weighted by atomic mass is 16.5. The highest BCUT2D eigenvalue weighted by Gasteiger charge is 2.10. The van der Waals surface area contributed by atoms with Crippen LogP contribution in [0.15, 0.2) is 60.7 Å². The van der Waals surface area contributed by atoms with Gasteiger partial charge in [-0.05, 0) is 55.3 Å². The minimum Gasteiger partial charge on any atom is -0.457 e. The van der Waals surface area contributed by atoms with Crippen molar-refractivity contribution in [3.8, 4) is 11.5 Å². The molecule has 1 heterocycles. The topological polar surface area (TPSA) is 25.0 Å². The Morgan fingerprint density at radius 1 is 0.773 bits per heavy atom. The second-order valence-corrected chi connectivity index (χ2v) is 5.70. The number of hydrogen-bond acceptors (Lipinski definition) is 1. The van der Waals surface area contributed by atoms with Crippen molar-refractivity contribution in [3.63, 3.8) is 0 Å². The Hall–Kier alpha value is -2.74. The van der Waals surface area contributed by atoms with Gasteiger partial charge in [0.05, 0.1) is 0 Å². The molecule has 0 atom stereocenters. The third kappa shape index (κ3) is 2.04. The number of benzene rings is 3. The third-order valence-corrected chi connectivity index (χ3v) is 4.12. The van der Waals surface area contributed by atoms with Gasteiger partial charge in [-0.2, -0.15) is 0 Å². The lowest BCUT2D eigenvalue weighted by Crippen LogP contribution is -1.83. The van der Waals surface area contributed by atoms with Gasteiger partial charge in [-0.25, -0.2) is 0 Å². The fraction of sp³-hybridized carbons (Fsp3) is 0.100. The maximum absolute atomic E-state index is 5.96. The molecule has 0 unspecified atom stereocenters. The number of aromatic nitrogens is 1. The summed E-state index contributed by atoms with van der Waals surface area (Å²) in [6, 6.07) is 20.4. The lowest BCUT2D eigenvalue weighted by molar-refractivity contribution is 0.483. The number of H-pyrrole nitrogens is 1. The first-order valence-corrected chi connectivity index (χ1v) is 7.47. The van der Waals surface area contributed by atoms with Gasteiger partial charge in [0.15, 0.2) is 0 Å². The molecule has 108 valence electrons. The lowest BCUT2D eigenvalue weighted by Gasteiger charge is -2.05. The molecule has 0 aliphatic heterocycles. The molecular weight excluding hydrogens is 270 g/mol. The van der Waals surface area contributed by atoms with Crippen molar-refractivity contribution < 1.29 is 4.74 Å². The number of aromatic amines is 1. The Morgan fingerprint density at radius 3 is 2.36 bits per heavy atom. The van der Waals surface area contributed by atoms with E-state index < -0.39 is 0 Å². The van der Waals surface area contributed by atoms with Crippen LogP contribution in [-0.4, -0.2) is 4.98 Å². The van der Waals surface area contributed by atoms with Crippen LogP contribution in [0.4, 0.5) is 0 Å². The van der Waals surface area contributed by atoms with Crippen molar-refractivity contribution in [2.75, 3.05) is 0 Å². The maximum atomic E-state index is 5.96. The molecule has 2 heteroatoms. The molecule has 0 aliphatic rings. The molecule has 0 saturated heterocycles. The van der Waals surface area contributed by atoms with Gasteiger partial charge in [-0.1, -0.05) is 30.3 Å². The van der Waals surface area contributed by atoms with Gasteiger partial charge in [0, 0.05) is 21.8 Å². The van der Waals surface area contributed by atoms with Crippen LogP contribution in [0.25, 0.3) is 21.8 Å². The smallest absolute Gasteiger partial charge is 0.128 e. The molecule has 22 heavy (non-hydrogen) atoms. The molecule has 4 rings (SSSR count). The zero-order chi connectivity index (χ0) is 15.1. The summed E-state index contributed by atoms with van der Waals surface area (Å²) in [6.45, 7) is 4.29. The van der Waals surface area contributed by atoms with E-state index in [1.165, 1.54) is 27.4 Å². The van der Waals surface area contributed by atoms with E-state index in [2.05, 4.69) is 43.1 Å². The van der Waals surface area contributed by atoms with Crippen molar-refractivity contribution in [2.45, 2.75) is 13.8 Å². The van der Waals surface area contributed by atoms with E-state index in [4.69, 9.17) is 4.74 Å². The van der Waals surface area contributed by atoms with Gasteiger partial charge in [0.2, 0.25) is 0 Å². The number of ether oxygens (including phenoxy) is 1. The zero-order valence-corrected chi connectivity index (χ0v) is 12.7. The second-order valence-electron chi connectivity index (χ2n) is 5.70. The molecule has 0 amide bonds. The summed E-state index contributed by atoms with van der Waals surface area (Å²) in [4.78, 5) is 3.52. The number of para-hydroxylation sites is 1. The first-order chi connectivity index (χ1) is 10.7. The number of aryl methyl sites for hydroxylation is 2. The van der Waals surface area contributed by atoms with Crippen molar-refractivity contribution in [1.29, 1.82) is 0 Å². The van der Waals surface area contributed by atoms with E-state index in [-0.39, 0.29) is 0 Å². The Balaban J connectivity index is 1.90. The Bertz CT molecular complexity index is 967. The van der Waals surface area contributed by atoms with Crippen LogP contribution in [0.3, 0.4) is 0 Å². The summed E-state index contributed by atoms with van der Waals surface area (Å²) in [5.74, 6) is 1.72. The van der Waals surface area contributed by atoms with Crippen molar-refractivity contribution in [3.05, 3.63) is 71.8 Å². The number of hydrogen-bond donors (Lipinski definition) is 1. The quantitative estimate of drug-likeness (QED) is 0.500. The van der Waals surface area contributed by atoms with E-state index in [0.717, 1.165) is 17.0 Å². The fourth-order valence-corrected chi connectivity index (χ4v) is 2.98. The summed E-state index contributed by atoms with van der Waals surface area (Å²) in [6.07, 6.45) is 0. The molecule has 0 radical (unpaired) electrons. The van der Waals surface area contributed by atoms with Crippen molar-refractivity contribution >= 4 is 21.8 Å². The maximum Gasteiger partial charge on any atom is 0.128 e. The molecule has 2 nitrogen and oxygen atoms in total. The van der Waals surface area contributed by atoms with Crippen LogP contribution in [-0.2, 0) is 0 Å². The third-order valence-electron chi connectivity index (χ3n) is 4.12. The predicted molar refractivity (Wildman–Crippen MR) is 91.8 cm³/mol. The van der Waals surface area contributed by atoms with E-state index in [1.54, 1.807) is 0 Å². The highest BCUT2D eigenvalue weighted by Crippen LogP contribution is 2.33. The summed E-state index contributed by atoms with van der Waals surface area (Å²) in [5.41, 5.74) is 4.91. The standard InChI is InChI=1S/C20H17NO/c1-13-8-9-14(2)20-19(13)17-12-16(10-11-18(17)21-20)22-15-6-4-3-5-7-15/h3-12,21H,1-2H3. The second kappa shape index (κ2) is 4.92. The first kappa shape index (κ1) is 13.0. The fourth-order valence-electron chi connectivity index (χ4n) is 2.98. The first-order valence-electron chi connectivity index (χ1n) is 7.47. The highest BCUT2D eigenvalue weighted by molar-refractivity contribution is 6.10. The molecule has 3 aromatic carbocycles. The molecule has 0 spiro atoms. The van der Waals surface area contributed by atoms with Crippen LogP contribution in [0.1, 0.15) is 11.1 Å². The van der Waals surface area contributed by atoms with Crippen LogP contribution >= 0.6 is 0 Å². The van der Waals surface area contributed by atoms with Gasteiger partial charge in [-0.3, -0.25) is 0 Å². The molecule has 0 saturated carbocycles. The Labute approximate surface area is 129 Å². The molecule has 1 aromatic heterocycles. The minimum atomic E-state index is 0.856. The Kier molecular flexibility index (Phi) is 2.90.